The molecule has 0 amide bonds. The lowest BCUT2D eigenvalue weighted by molar-refractivity contribution is -0.145. The molecule has 0 aliphatic carbocycles. The van der Waals surface area contributed by atoms with Crippen LogP contribution in [-0.2, 0) is 9.90 Å². The van der Waals surface area contributed by atoms with Crippen molar-refractivity contribution in [1.82, 2.24) is 0 Å². The van der Waals surface area contributed by atoms with Gasteiger partial charge in [0, 0.05) is 0 Å². The number of hydrogen-bond acceptors (Lipinski definition) is 2. The lowest BCUT2D eigenvalue weighted by Gasteiger charge is -2.08. The summed E-state index contributed by atoms with van der Waals surface area (Å²) in [7, 11) is 0. The molecule has 1 atom stereocenters. The summed E-state index contributed by atoms with van der Waals surface area (Å²) in [6.45, 7) is 0.355. The highest BCUT2D eigenvalue weighted by molar-refractivity contribution is 5.75. The van der Waals surface area contributed by atoms with E-state index in [0.29, 0.717) is 13.0 Å². The van der Waals surface area contributed by atoms with Crippen LogP contribution in [-0.4, -0.2) is 12.5 Å². The van der Waals surface area contributed by atoms with E-state index in [4.69, 9.17) is 5.73 Å². The molecule has 0 spiro atoms. The standard InChI is InChI=1S/C10H12NO2/c11-7-6-9(10(12)13)8-4-2-1-3-5-8/h1-5,9H,6-7,11H2. The van der Waals surface area contributed by atoms with Crippen molar-refractivity contribution in [3.63, 3.8) is 0 Å². The van der Waals surface area contributed by atoms with Crippen molar-refractivity contribution < 1.29 is 9.90 Å². The first-order chi connectivity index (χ1) is 6.25. The molecule has 69 valence electrons. The number of benzene rings is 1. The van der Waals surface area contributed by atoms with E-state index in [9.17, 15) is 9.90 Å². The van der Waals surface area contributed by atoms with E-state index >= 15 is 0 Å². The predicted molar refractivity (Wildman–Crippen MR) is 48.5 cm³/mol. The molecule has 0 saturated heterocycles. The van der Waals surface area contributed by atoms with E-state index < -0.39 is 11.9 Å². The summed E-state index contributed by atoms with van der Waals surface area (Å²) in [5, 5.41) is 10.7. The molecule has 1 rings (SSSR count). The summed E-state index contributed by atoms with van der Waals surface area (Å²) >= 11 is 0. The van der Waals surface area contributed by atoms with Crippen LogP contribution in [0.3, 0.4) is 0 Å². The average molecular weight is 178 g/mol. The summed E-state index contributed by atoms with van der Waals surface area (Å²) in [4.78, 5) is 10.7. The van der Waals surface area contributed by atoms with Crippen LogP contribution in [0.15, 0.2) is 30.3 Å². The van der Waals surface area contributed by atoms with Crippen molar-refractivity contribution >= 4 is 5.97 Å². The van der Waals surface area contributed by atoms with E-state index in [1.807, 2.05) is 18.2 Å². The van der Waals surface area contributed by atoms with Crippen LogP contribution < -0.4 is 5.73 Å². The van der Waals surface area contributed by atoms with Crippen LogP contribution >= 0.6 is 0 Å². The highest BCUT2D eigenvalue weighted by atomic mass is 16.4. The van der Waals surface area contributed by atoms with Crippen LogP contribution in [0.4, 0.5) is 0 Å². The van der Waals surface area contributed by atoms with Gasteiger partial charge < -0.3 is 5.73 Å². The largest absolute Gasteiger partial charge is 0.363 e. The van der Waals surface area contributed by atoms with Gasteiger partial charge in [0.15, 0.2) is 0 Å². The maximum atomic E-state index is 10.7. The van der Waals surface area contributed by atoms with Crippen molar-refractivity contribution in [2.24, 2.45) is 5.73 Å². The second kappa shape index (κ2) is 4.62. The van der Waals surface area contributed by atoms with Gasteiger partial charge in [-0.05, 0) is 18.5 Å². The first-order valence-corrected chi connectivity index (χ1v) is 4.21. The maximum absolute atomic E-state index is 10.7. The van der Waals surface area contributed by atoms with Gasteiger partial charge in [0.1, 0.15) is 0 Å². The molecule has 3 heteroatoms. The molecular formula is C10H12NO2. The molecule has 0 saturated carbocycles. The van der Waals surface area contributed by atoms with Crippen molar-refractivity contribution in [1.29, 1.82) is 0 Å². The third kappa shape index (κ3) is 2.56. The van der Waals surface area contributed by atoms with Crippen LogP contribution in [0, 0.1) is 0 Å². The van der Waals surface area contributed by atoms with Crippen LogP contribution in [0.25, 0.3) is 0 Å². The first-order valence-electron chi connectivity index (χ1n) is 4.21. The third-order valence-electron chi connectivity index (χ3n) is 1.94. The number of nitrogens with two attached hydrogens (primary N) is 1. The van der Waals surface area contributed by atoms with Gasteiger partial charge in [-0.1, -0.05) is 30.3 Å². The van der Waals surface area contributed by atoms with Crippen LogP contribution in [0.5, 0.6) is 0 Å². The Kier molecular flexibility index (Phi) is 3.46. The fourth-order valence-corrected chi connectivity index (χ4v) is 1.27. The summed E-state index contributed by atoms with van der Waals surface area (Å²) in [5.41, 5.74) is 6.07. The molecule has 1 radical (unpaired) electrons. The highest BCUT2D eigenvalue weighted by Gasteiger charge is 2.19. The smallest absolute Gasteiger partial charge is 0.330 e. The number of hydrogen-bond donors (Lipinski definition) is 1. The summed E-state index contributed by atoms with van der Waals surface area (Å²) in [6.07, 6.45) is 0.423. The molecule has 0 aromatic heterocycles. The Labute approximate surface area is 77.2 Å². The van der Waals surface area contributed by atoms with E-state index in [-0.39, 0.29) is 0 Å². The van der Waals surface area contributed by atoms with Crippen molar-refractivity contribution in [2.75, 3.05) is 6.54 Å². The van der Waals surface area contributed by atoms with Crippen LogP contribution in [0.1, 0.15) is 17.9 Å². The molecule has 0 fully saturated rings. The van der Waals surface area contributed by atoms with Gasteiger partial charge in [0.2, 0.25) is 0 Å². The Morgan fingerprint density at radius 2 is 1.92 bits per heavy atom. The fraction of sp³-hybridized carbons (Fsp3) is 0.300. The SMILES string of the molecule is NCCC(C([O])=O)c1ccccc1. The number of carbonyl (C=O) groups is 1. The van der Waals surface area contributed by atoms with Crippen molar-refractivity contribution in [3.05, 3.63) is 35.9 Å². The topological polar surface area (TPSA) is 63.0 Å². The van der Waals surface area contributed by atoms with Crippen molar-refractivity contribution in [3.8, 4) is 0 Å². The Bertz CT molecular complexity index is 272. The lowest BCUT2D eigenvalue weighted by Crippen LogP contribution is -2.14. The first kappa shape index (κ1) is 9.74. The zero-order valence-corrected chi connectivity index (χ0v) is 7.27. The fourth-order valence-electron chi connectivity index (χ4n) is 1.27. The molecule has 2 N–H and O–H groups in total. The van der Waals surface area contributed by atoms with E-state index in [0.717, 1.165) is 5.56 Å². The third-order valence-corrected chi connectivity index (χ3v) is 1.94. The Balaban J connectivity index is 2.82. The van der Waals surface area contributed by atoms with Gasteiger partial charge in [-0.3, -0.25) is 0 Å². The van der Waals surface area contributed by atoms with Gasteiger partial charge in [-0.2, -0.15) is 0 Å². The van der Waals surface area contributed by atoms with Crippen molar-refractivity contribution in [2.45, 2.75) is 12.3 Å². The minimum Gasteiger partial charge on any atom is -0.330 e. The molecule has 0 heterocycles. The van der Waals surface area contributed by atoms with Gasteiger partial charge >= 0.3 is 5.97 Å². The lowest BCUT2D eigenvalue weighted by atomic mass is 9.96. The Morgan fingerprint density at radius 3 is 2.38 bits per heavy atom. The van der Waals surface area contributed by atoms with E-state index in [1.165, 1.54) is 0 Å². The van der Waals surface area contributed by atoms with Gasteiger partial charge in [0.05, 0.1) is 5.92 Å². The zero-order valence-electron chi connectivity index (χ0n) is 7.27. The molecule has 0 aliphatic rings. The second-order valence-electron chi connectivity index (χ2n) is 2.86. The second-order valence-corrected chi connectivity index (χ2v) is 2.86. The Hall–Kier alpha value is -1.35. The molecule has 1 unspecified atom stereocenters. The molecule has 1 aromatic rings. The van der Waals surface area contributed by atoms with E-state index in [2.05, 4.69) is 0 Å². The zero-order chi connectivity index (χ0) is 9.68. The molecule has 1 aromatic carbocycles. The summed E-state index contributed by atoms with van der Waals surface area (Å²) < 4.78 is 0. The molecule has 3 nitrogen and oxygen atoms in total. The van der Waals surface area contributed by atoms with E-state index in [1.54, 1.807) is 12.1 Å². The summed E-state index contributed by atoms with van der Waals surface area (Å²) in [6, 6.07) is 9.01. The molecule has 0 bridgehead atoms. The van der Waals surface area contributed by atoms with Crippen LogP contribution in [0.2, 0.25) is 0 Å². The van der Waals surface area contributed by atoms with Gasteiger partial charge in [-0.15, -0.1) is 0 Å². The minimum absolute atomic E-state index is 0.355. The normalized spacial score (nSPS) is 12.4. The highest BCUT2D eigenvalue weighted by Crippen LogP contribution is 2.18. The monoisotopic (exact) mass is 178 g/mol. The summed E-state index contributed by atoms with van der Waals surface area (Å²) in [5.74, 6) is -1.64. The molecular weight excluding hydrogens is 166 g/mol. The van der Waals surface area contributed by atoms with Gasteiger partial charge in [0.25, 0.3) is 0 Å². The average Bonchev–Trinajstić information content (AvgIpc) is 2.15. The Morgan fingerprint density at radius 1 is 1.31 bits per heavy atom. The predicted octanol–water partition coefficient (Wildman–Crippen LogP) is 1.08. The number of rotatable bonds is 4. The maximum Gasteiger partial charge on any atom is 0.363 e. The quantitative estimate of drug-likeness (QED) is 0.749. The number of carbonyl (C=O) groups excluding carboxylic acids is 1. The molecule has 13 heavy (non-hydrogen) atoms. The van der Waals surface area contributed by atoms with Gasteiger partial charge in [-0.25, -0.2) is 9.90 Å². The minimum atomic E-state index is -1.06. The molecule has 0 aliphatic heterocycles.